The van der Waals surface area contributed by atoms with E-state index in [-0.39, 0.29) is 5.69 Å². The second kappa shape index (κ2) is 5.38. The maximum atomic E-state index is 10.9. The van der Waals surface area contributed by atoms with Crippen LogP contribution in [0.25, 0.3) is 0 Å². The summed E-state index contributed by atoms with van der Waals surface area (Å²) in [6.07, 6.45) is 1.80. The van der Waals surface area contributed by atoms with Gasteiger partial charge in [0.05, 0.1) is 4.92 Å². The van der Waals surface area contributed by atoms with Gasteiger partial charge in [0, 0.05) is 49.4 Å². The molecule has 0 aliphatic rings. The molecule has 2 N–H and O–H groups in total. The molecule has 2 aromatic rings. The van der Waals surface area contributed by atoms with Crippen LogP contribution >= 0.6 is 0 Å². The molecule has 0 radical (unpaired) electrons. The highest BCUT2D eigenvalue weighted by Gasteiger charge is 2.10. The highest BCUT2D eigenvalue weighted by molar-refractivity contribution is 5.67. The third-order valence-electron chi connectivity index (χ3n) is 2.50. The lowest BCUT2D eigenvalue weighted by molar-refractivity contribution is -0.384. The SMILES string of the molecule is CCNc1cc(Nc2ccn(C)n2)cc([N+](=O)[O-])c1. The van der Waals surface area contributed by atoms with Crippen LogP contribution in [-0.2, 0) is 7.05 Å². The fraction of sp³-hybridized carbons (Fsp3) is 0.250. The van der Waals surface area contributed by atoms with Crippen molar-refractivity contribution in [2.45, 2.75) is 6.92 Å². The van der Waals surface area contributed by atoms with Crippen molar-refractivity contribution in [1.29, 1.82) is 0 Å². The number of aromatic nitrogens is 2. The van der Waals surface area contributed by atoms with E-state index in [1.807, 2.05) is 20.0 Å². The van der Waals surface area contributed by atoms with Crippen LogP contribution in [0.5, 0.6) is 0 Å². The largest absolute Gasteiger partial charge is 0.385 e. The number of hydrogen-bond acceptors (Lipinski definition) is 5. The molecule has 7 nitrogen and oxygen atoms in total. The van der Waals surface area contributed by atoms with Gasteiger partial charge in [-0.1, -0.05) is 0 Å². The smallest absolute Gasteiger partial charge is 0.273 e. The summed E-state index contributed by atoms with van der Waals surface area (Å²) in [5, 5.41) is 21.2. The van der Waals surface area contributed by atoms with Crippen LogP contribution in [0.15, 0.2) is 30.5 Å². The maximum Gasteiger partial charge on any atom is 0.273 e. The molecule has 0 aliphatic carbocycles. The summed E-state index contributed by atoms with van der Waals surface area (Å²) in [6, 6.07) is 6.60. The molecule has 0 unspecified atom stereocenters. The molecule has 0 atom stereocenters. The van der Waals surface area contributed by atoms with Gasteiger partial charge in [-0.15, -0.1) is 0 Å². The normalized spacial score (nSPS) is 10.2. The van der Waals surface area contributed by atoms with E-state index in [1.54, 1.807) is 16.9 Å². The lowest BCUT2D eigenvalue weighted by Gasteiger charge is -2.07. The molecule has 0 amide bonds. The standard InChI is InChI=1S/C12H15N5O2/c1-3-13-9-6-10(8-11(7-9)17(18)19)14-12-4-5-16(2)15-12/h4-8,13H,3H2,1-2H3,(H,14,15). The van der Waals surface area contributed by atoms with Gasteiger partial charge in [-0.3, -0.25) is 14.8 Å². The maximum absolute atomic E-state index is 10.9. The van der Waals surface area contributed by atoms with Crippen LogP contribution in [-0.4, -0.2) is 21.2 Å². The summed E-state index contributed by atoms with van der Waals surface area (Å²) in [5.74, 6) is 0.644. The molecule has 0 saturated heterocycles. The number of anilines is 3. The average Bonchev–Trinajstić information content (AvgIpc) is 2.75. The van der Waals surface area contributed by atoms with Crippen LogP contribution in [0.1, 0.15) is 6.92 Å². The number of non-ortho nitro benzene ring substituents is 1. The lowest BCUT2D eigenvalue weighted by Crippen LogP contribution is -2.00. The summed E-state index contributed by atoms with van der Waals surface area (Å²) in [7, 11) is 1.81. The minimum absolute atomic E-state index is 0.0388. The molecule has 0 fully saturated rings. The first kappa shape index (κ1) is 12.9. The van der Waals surface area contributed by atoms with Crippen LogP contribution < -0.4 is 10.6 Å². The fourth-order valence-electron chi connectivity index (χ4n) is 1.72. The number of nitrogens with one attached hydrogen (secondary N) is 2. The number of nitrogens with zero attached hydrogens (tertiary/aromatic N) is 3. The molecule has 19 heavy (non-hydrogen) atoms. The van der Waals surface area contributed by atoms with E-state index in [4.69, 9.17) is 0 Å². The van der Waals surface area contributed by atoms with E-state index >= 15 is 0 Å². The monoisotopic (exact) mass is 261 g/mol. The van der Waals surface area contributed by atoms with Crippen molar-refractivity contribution in [1.82, 2.24) is 9.78 Å². The van der Waals surface area contributed by atoms with Crippen molar-refractivity contribution in [2.75, 3.05) is 17.2 Å². The van der Waals surface area contributed by atoms with Gasteiger partial charge in [-0.2, -0.15) is 5.10 Å². The zero-order valence-corrected chi connectivity index (χ0v) is 10.8. The Morgan fingerprint density at radius 2 is 2.11 bits per heavy atom. The highest BCUT2D eigenvalue weighted by Crippen LogP contribution is 2.26. The number of hydrogen-bond donors (Lipinski definition) is 2. The summed E-state index contributed by atoms with van der Waals surface area (Å²) < 4.78 is 1.66. The first-order valence-corrected chi connectivity index (χ1v) is 5.88. The lowest BCUT2D eigenvalue weighted by atomic mass is 10.2. The van der Waals surface area contributed by atoms with Crippen LogP contribution in [0.3, 0.4) is 0 Å². The van der Waals surface area contributed by atoms with E-state index in [1.165, 1.54) is 12.1 Å². The van der Waals surface area contributed by atoms with E-state index in [0.717, 1.165) is 0 Å². The van der Waals surface area contributed by atoms with Crippen molar-refractivity contribution in [3.05, 3.63) is 40.6 Å². The second-order valence-electron chi connectivity index (χ2n) is 4.06. The fourth-order valence-corrected chi connectivity index (χ4v) is 1.72. The Morgan fingerprint density at radius 1 is 1.37 bits per heavy atom. The summed E-state index contributed by atoms with van der Waals surface area (Å²) in [6.45, 7) is 2.63. The number of nitro groups is 1. The van der Waals surface area contributed by atoms with E-state index < -0.39 is 4.92 Å². The van der Waals surface area contributed by atoms with Crippen LogP contribution in [0.2, 0.25) is 0 Å². The van der Waals surface area contributed by atoms with E-state index in [0.29, 0.717) is 23.7 Å². The molecule has 1 aromatic heterocycles. The Balaban J connectivity index is 2.30. The van der Waals surface area contributed by atoms with Crippen molar-refractivity contribution >= 4 is 22.9 Å². The number of aryl methyl sites for hydroxylation is 1. The Bertz CT molecular complexity index is 594. The summed E-state index contributed by atoms with van der Waals surface area (Å²) in [5.41, 5.74) is 1.37. The number of nitro benzene ring substituents is 1. The Kier molecular flexibility index (Phi) is 3.65. The third-order valence-corrected chi connectivity index (χ3v) is 2.50. The second-order valence-corrected chi connectivity index (χ2v) is 4.06. The first-order chi connectivity index (χ1) is 9.08. The number of rotatable bonds is 5. The van der Waals surface area contributed by atoms with Crippen LogP contribution in [0.4, 0.5) is 22.9 Å². The van der Waals surface area contributed by atoms with Crippen LogP contribution in [0, 0.1) is 10.1 Å². The van der Waals surface area contributed by atoms with Gasteiger partial charge in [0.2, 0.25) is 0 Å². The number of benzene rings is 1. The Hall–Kier alpha value is -2.57. The van der Waals surface area contributed by atoms with Crippen molar-refractivity contribution in [2.24, 2.45) is 7.05 Å². The summed E-state index contributed by atoms with van der Waals surface area (Å²) >= 11 is 0. The minimum Gasteiger partial charge on any atom is -0.385 e. The van der Waals surface area contributed by atoms with Gasteiger partial charge in [0.1, 0.15) is 0 Å². The first-order valence-electron chi connectivity index (χ1n) is 5.88. The molecule has 0 spiro atoms. The molecular weight excluding hydrogens is 246 g/mol. The zero-order chi connectivity index (χ0) is 13.8. The zero-order valence-electron chi connectivity index (χ0n) is 10.8. The molecule has 1 aromatic carbocycles. The molecule has 2 rings (SSSR count). The predicted octanol–water partition coefficient (Wildman–Crippen LogP) is 2.50. The topological polar surface area (TPSA) is 85.0 Å². The van der Waals surface area contributed by atoms with Crippen molar-refractivity contribution in [3.63, 3.8) is 0 Å². The molecule has 0 aliphatic heterocycles. The van der Waals surface area contributed by atoms with Gasteiger partial charge >= 0.3 is 0 Å². The molecule has 100 valence electrons. The van der Waals surface area contributed by atoms with Crippen molar-refractivity contribution < 1.29 is 4.92 Å². The Morgan fingerprint density at radius 3 is 2.68 bits per heavy atom. The van der Waals surface area contributed by atoms with Gasteiger partial charge < -0.3 is 10.6 Å². The van der Waals surface area contributed by atoms with Gasteiger partial charge in [0.15, 0.2) is 5.82 Å². The quantitative estimate of drug-likeness (QED) is 0.638. The van der Waals surface area contributed by atoms with E-state index in [2.05, 4.69) is 15.7 Å². The predicted molar refractivity (Wildman–Crippen MR) is 73.8 cm³/mol. The van der Waals surface area contributed by atoms with E-state index in [9.17, 15) is 10.1 Å². The molecule has 0 saturated carbocycles. The molecule has 0 bridgehead atoms. The third kappa shape index (κ3) is 3.21. The van der Waals surface area contributed by atoms with Crippen molar-refractivity contribution in [3.8, 4) is 0 Å². The molecular formula is C12H15N5O2. The molecule has 1 heterocycles. The highest BCUT2D eigenvalue weighted by atomic mass is 16.6. The van der Waals surface area contributed by atoms with Gasteiger partial charge in [0.25, 0.3) is 5.69 Å². The average molecular weight is 261 g/mol. The van der Waals surface area contributed by atoms with Gasteiger partial charge in [-0.25, -0.2) is 0 Å². The molecule has 7 heteroatoms. The minimum atomic E-state index is -0.412. The Labute approximate surface area is 110 Å². The van der Waals surface area contributed by atoms with Gasteiger partial charge in [-0.05, 0) is 13.0 Å². The summed E-state index contributed by atoms with van der Waals surface area (Å²) in [4.78, 5) is 10.5.